The van der Waals surface area contributed by atoms with E-state index in [1.807, 2.05) is 0 Å². The Bertz CT molecular complexity index is 641. The Morgan fingerprint density at radius 1 is 1.16 bits per heavy atom. The van der Waals surface area contributed by atoms with Crippen LogP contribution < -0.4 is 10.5 Å². The lowest BCUT2D eigenvalue weighted by molar-refractivity contribution is 0.103. The van der Waals surface area contributed by atoms with Gasteiger partial charge in [-0.2, -0.15) is 0 Å². The molecule has 0 unspecified atom stereocenters. The monoisotopic (exact) mass is 263 g/mol. The van der Waals surface area contributed by atoms with Crippen LogP contribution in [0.3, 0.4) is 0 Å². The van der Waals surface area contributed by atoms with Crippen LogP contribution in [-0.4, -0.2) is 12.9 Å². The maximum Gasteiger partial charge on any atom is 0.196 e. The zero-order valence-corrected chi connectivity index (χ0v) is 10.1. The number of halogens is 2. The molecule has 0 bridgehead atoms. The van der Waals surface area contributed by atoms with Crippen molar-refractivity contribution < 1.29 is 18.3 Å². The van der Waals surface area contributed by atoms with E-state index in [-0.39, 0.29) is 16.9 Å². The second-order valence-corrected chi connectivity index (χ2v) is 3.92. The van der Waals surface area contributed by atoms with Gasteiger partial charge in [0.2, 0.25) is 0 Å². The van der Waals surface area contributed by atoms with Crippen LogP contribution in [0.15, 0.2) is 36.4 Å². The first kappa shape index (κ1) is 13.0. The number of benzene rings is 2. The smallest absolute Gasteiger partial charge is 0.196 e. The molecule has 0 aliphatic carbocycles. The highest BCUT2D eigenvalue weighted by Crippen LogP contribution is 2.23. The maximum absolute atomic E-state index is 13.8. The molecule has 19 heavy (non-hydrogen) atoms. The van der Waals surface area contributed by atoms with Crippen molar-refractivity contribution >= 4 is 11.5 Å². The third kappa shape index (κ3) is 2.54. The van der Waals surface area contributed by atoms with E-state index in [1.165, 1.54) is 19.2 Å². The largest absolute Gasteiger partial charge is 0.494 e. The van der Waals surface area contributed by atoms with Crippen LogP contribution in [0.25, 0.3) is 0 Å². The Morgan fingerprint density at radius 3 is 2.53 bits per heavy atom. The van der Waals surface area contributed by atoms with E-state index < -0.39 is 17.4 Å². The lowest BCUT2D eigenvalue weighted by atomic mass is 10.0. The van der Waals surface area contributed by atoms with Crippen LogP contribution in [-0.2, 0) is 0 Å². The van der Waals surface area contributed by atoms with Gasteiger partial charge in [0.1, 0.15) is 5.82 Å². The fourth-order valence-electron chi connectivity index (χ4n) is 1.69. The first-order valence-electron chi connectivity index (χ1n) is 5.46. The van der Waals surface area contributed by atoms with Gasteiger partial charge in [-0.3, -0.25) is 4.79 Å². The summed E-state index contributed by atoms with van der Waals surface area (Å²) >= 11 is 0. The van der Waals surface area contributed by atoms with Crippen molar-refractivity contribution in [1.82, 2.24) is 0 Å². The van der Waals surface area contributed by atoms with Crippen molar-refractivity contribution in [2.45, 2.75) is 0 Å². The maximum atomic E-state index is 13.8. The van der Waals surface area contributed by atoms with E-state index in [0.29, 0.717) is 5.69 Å². The Labute approximate surface area is 108 Å². The second-order valence-electron chi connectivity index (χ2n) is 3.92. The number of ether oxygens (including phenoxy) is 1. The van der Waals surface area contributed by atoms with Gasteiger partial charge >= 0.3 is 0 Å². The molecule has 0 atom stereocenters. The topological polar surface area (TPSA) is 52.3 Å². The summed E-state index contributed by atoms with van der Waals surface area (Å²) in [6.07, 6.45) is 0. The molecule has 5 heteroatoms. The number of ketones is 1. The number of carbonyl (C=O) groups excluding carboxylic acids is 1. The number of hydrogen-bond donors (Lipinski definition) is 1. The van der Waals surface area contributed by atoms with Gasteiger partial charge < -0.3 is 10.5 Å². The highest BCUT2D eigenvalue weighted by molar-refractivity contribution is 6.09. The van der Waals surface area contributed by atoms with Crippen LogP contribution in [0.5, 0.6) is 5.75 Å². The number of nitrogen functional groups attached to an aromatic ring is 1. The number of methoxy groups -OCH3 is 1. The van der Waals surface area contributed by atoms with Crippen LogP contribution >= 0.6 is 0 Å². The molecule has 0 aromatic heterocycles. The Morgan fingerprint density at radius 2 is 1.89 bits per heavy atom. The summed E-state index contributed by atoms with van der Waals surface area (Å²) in [6, 6.07) is 7.72. The number of anilines is 1. The first-order valence-corrected chi connectivity index (χ1v) is 5.46. The molecule has 0 saturated carbocycles. The molecule has 0 amide bonds. The van der Waals surface area contributed by atoms with E-state index in [2.05, 4.69) is 4.74 Å². The Hall–Kier alpha value is -2.43. The van der Waals surface area contributed by atoms with Gasteiger partial charge in [0.15, 0.2) is 17.3 Å². The fraction of sp³-hybridized carbons (Fsp3) is 0.0714. The molecule has 0 aliphatic rings. The zero-order chi connectivity index (χ0) is 14.0. The molecule has 0 saturated heterocycles. The minimum absolute atomic E-state index is 0.198. The summed E-state index contributed by atoms with van der Waals surface area (Å²) in [5.41, 5.74) is 5.76. The molecule has 0 fully saturated rings. The average Bonchev–Trinajstić information content (AvgIpc) is 2.40. The molecule has 2 rings (SSSR count). The van der Waals surface area contributed by atoms with Gasteiger partial charge in [0, 0.05) is 17.3 Å². The highest BCUT2D eigenvalue weighted by Gasteiger charge is 2.18. The minimum Gasteiger partial charge on any atom is -0.494 e. The predicted molar refractivity (Wildman–Crippen MR) is 67.2 cm³/mol. The molecule has 0 heterocycles. The lowest BCUT2D eigenvalue weighted by Crippen LogP contribution is -2.06. The van der Waals surface area contributed by atoms with Crippen LogP contribution in [0.1, 0.15) is 15.9 Å². The summed E-state index contributed by atoms with van der Waals surface area (Å²) in [5, 5.41) is 0. The minimum atomic E-state index is -0.842. The summed E-state index contributed by atoms with van der Waals surface area (Å²) < 4.78 is 31.9. The van der Waals surface area contributed by atoms with Crippen molar-refractivity contribution in [1.29, 1.82) is 0 Å². The highest BCUT2D eigenvalue weighted by atomic mass is 19.1. The summed E-state index contributed by atoms with van der Waals surface area (Å²) in [4.78, 5) is 12.1. The van der Waals surface area contributed by atoms with Crippen LogP contribution in [0.4, 0.5) is 14.5 Å². The van der Waals surface area contributed by atoms with Crippen LogP contribution in [0, 0.1) is 11.6 Å². The van der Waals surface area contributed by atoms with Gasteiger partial charge in [-0.1, -0.05) is 12.1 Å². The quantitative estimate of drug-likeness (QED) is 0.684. The molecule has 2 N–H and O–H groups in total. The van der Waals surface area contributed by atoms with Gasteiger partial charge in [-0.25, -0.2) is 8.78 Å². The first-order chi connectivity index (χ1) is 9.02. The van der Waals surface area contributed by atoms with E-state index in [0.717, 1.165) is 12.1 Å². The van der Waals surface area contributed by atoms with Crippen molar-refractivity contribution in [2.24, 2.45) is 0 Å². The second kappa shape index (κ2) is 5.06. The van der Waals surface area contributed by atoms with Crippen molar-refractivity contribution in [3.63, 3.8) is 0 Å². The predicted octanol–water partition coefficient (Wildman–Crippen LogP) is 2.79. The van der Waals surface area contributed by atoms with E-state index in [1.54, 1.807) is 12.1 Å². The van der Waals surface area contributed by atoms with E-state index >= 15 is 0 Å². The third-order valence-electron chi connectivity index (χ3n) is 2.63. The van der Waals surface area contributed by atoms with Gasteiger partial charge in [0.25, 0.3) is 0 Å². The van der Waals surface area contributed by atoms with E-state index in [4.69, 9.17) is 5.73 Å². The summed E-state index contributed by atoms with van der Waals surface area (Å²) in [6.45, 7) is 0. The third-order valence-corrected chi connectivity index (χ3v) is 2.63. The lowest BCUT2D eigenvalue weighted by Gasteiger charge is -2.07. The molecular weight excluding hydrogens is 252 g/mol. The Kier molecular flexibility index (Phi) is 3.46. The molecule has 0 spiro atoms. The number of nitrogens with two attached hydrogens (primary N) is 1. The molecule has 2 aromatic carbocycles. The van der Waals surface area contributed by atoms with Gasteiger partial charge in [-0.05, 0) is 18.2 Å². The van der Waals surface area contributed by atoms with Gasteiger partial charge in [-0.15, -0.1) is 0 Å². The molecule has 0 radical (unpaired) electrons. The SMILES string of the molecule is COc1cc(F)c(C(=O)c2cccc(N)c2)cc1F. The van der Waals surface area contributed by atoms with Crippen molar-refractivity contribution in [3.05, 3.63) is 59.2 Å². The zero-order valence-electron chi connectivity index (χ0n) is 10.1. The van der Waals surface area contributed by atoms with Crippen LogP contribution in [0.2, 0.25) is 0 Å². The normalized spacial score (nSPS) is 10.3. The van der Waals surface area contributed by atoms with Crippen molar-refractivity contribution in [2.75, 3.05) is 12.8 Å². The fourth-order valence-corrected chi connectivity index (χ4v) is 1.69. The van der Waals surface area contributed by atoms with E-state index in [9.17, 15) is 13.6 Å². The molecular formula is C14H11F2NO2. The summed E-state index contributed by atoms with van der Waals surface area (Å²) in [7, 11) is 1.22. The number of rotatable bonds is 3. The standard InChI is InChI=1S/C14H11F2NO2/c1-19-13-7-11(15)10(6-12(13)16)14(18)8-3-2-4-9(17)5-8/h2-7H,17H2,1H3. The molecule has 2 aromatic rings. The number of carbonyl (C=O) groups is 1. The summed E-state index contributed by atoms with van der Waals surface area (Å²) in [5.74, 6) is -2.52. The number of hydrogen-bond acceptors (Lipinski definition) is 3. The van der Waals surface area contributed by atoms with Gasteiger partial charge in [0.05, 0.1) is 12.7 Å². The average molecular weight is 263 g/mol. The van der Waals surface area contributed by atoms with Crippen molar-refractivity contribution in [3.8, 4) is 5.75 Å². The Balaban J connectivity index is 2.47. The molecule has 98 valence electrons. The molecule has 0 aliphatic heterocycles. The molecule has 3 nitrogen and oxygen atoms in total.